The molecule has 180 valence electrons. The number of thiophene rings is 1. The third-order valence-electron chi connectivity index (χ3n) is 5.48. The third-order valence-corrected chi connectivity index (χ3v) is 6.61. The number of carbonyl (C=O) groups is 2. The van der Waals surface area contributed by atoms with Crippen LogP contribution in [0, 0.1) is 6.92 Å². The maximum Gasteiger partial charge on any atom is 0.341 e. The van der Waals surface area contributed by atoms with Crippen molar-refractivity contribution < 1.29 is 19.1 Å². The smallest absolute Gasteiger partial charge is 0.341 e. The van der Waals surface area contributed by atoms with Crippen LogP contribution in [-0.4, -0.2) is 36.5 Å². The van der Waals surface area contributed by atoms with Crippen LogP contribution in [0.25, 0.3) is 0 Å². The largest absolute Gasteiger partial charge is 0.484 e. The van der Waals surface area contributed by atoms with E-state index in [2.05, 4.69) is 22.3 Å². The first-order chi connectivity index (χ1) is 16.0. The first-order valence-electron chi connectivity index (χ1n) is 11.1. The molecule has 0 aliphatic carbocycles. The lowest BCUT2D eigenvalue weighted by molar-refractivity contribution is -0.118. The summed E-state index contributed by atoms with van der Waals surface area (Å²) in [7, 11) is 0. The standard InChI is InChI=1S/C26H28N2O4S.ClH/c1-3-31-26(30)24-21-12-13-28(15-19-9-5-4-6-10-19)16-22(21)33-25(24)27-23(29)17-32-20-11-7-8-18(2)14-20;/h4-11,14H,3,12-13,15-17H2,1-2H3,(H,27,29);1H. The van der Waals surface area contributed by atoms with Crippen molar-refractivity contribution in [2.75, 3.05) is 25.1 Å². The van der Waals surface area contributed by atoms with Gasteiger partial charge in [0.1, 0.15) is 10.8 Å². The average molecular weight is 501 g/mol. The van der Waals surface area contributed by atoms with Gasteiger partial charge in [-0.3, -0.25) is 9.69 Å². The van der Waals surface area contributed by atoms with E-state index in [4.69, 9.17) is 9.47 Å². The highest BCUT2D eigenvalue weighted by atomic mass is 35.5. The molecule has 0 bridgehead atoms. The fraction of sp³-hybridized carbons (Fsp3) is 0.308. The number of hydrogen-bond acceptors (Lipinski definition) is 6. The fourth-order valence-electron chi connectivity index (χ4n) is 3.96. The number of carbonyl (C=O) groups excluding carboxylic acids is 2. The van der Waals surface area contributed by atoms with Crippen LogP contribution in [0.5, 0.6) is 5.75 Å². The number of ether oxygens (including phenoxy) is 2. The highest BCUT2D eigenvalue weighted by molar-refractivity contribution is 7.17. The molecule has 2 aromatic carbocycles. The molecule has 0 atom stereocenters. The van der Waals surface area contributed by atoms with Gasteiger partial charge >= 0.3 is 5.97 Å². The van der Waals surface area contributed by atoms with Crippen LogP contribution >= 0.6 is 23.7 Å². The summed E-state index contributed by atoms with van der Waals surface area (Å²) < 4.78 is 10.9. The fourth-order valence-corrected chi connectivity index (χ4v) is 5.25. The van der Waals surface area contributed by atoms with Gasteiger partial charge in [0, 0.05) is 24.5 Å². The van der Waals surface area contributed by atoms with Gasteiger partial charge in [-0.05, 0) is 49.1 Å². The Hall–Kier alpha value is -2.87. The van der Waals surface area contributed by atoms with Gasteiger partial charge in [-0.1, -0.05) is 42.5 Å². The summed E-state index contributed by atoms with van der Waals surface area (Å²) in [5.41, 5.74) is 3.78. The van der Waals surface area contributed by atoms with Gasteiger partial charge in [-0.15, -0.1) is 23.7 Å². The molecule has 8 heteroatoms. The van der Waals surface area contributed by atoms with Crippen molar-refractivity contribution in [2.45, 2.75) is 33.4 Å². The number of halogens is 1. The molecule has 1 aliphatic heterocycles. The summed E-state index contributed by atoms with van der Waals surface area (Å²) >= 11 is 1.45. The third kappa shape index (κ3) is 6.38. The maximum atomic E-state index is 12.8. The Bertz CT molecular complexity index is 1130. The van der Waals surface area contributed by atoms with Crippen molar-refractivity contribution >= 4 is 40.6 Å². The van der Waals surface area contributed by atoms with Crippen molar-refractivity contribution in [1.29, 1.82) is 0 Å². The van der Waals surface area contributed by atoms with E-state index in [9.17, 15) is 9.59 Å². The van der Waals surface area contributed by atoms with E-state index in [1.807, 2.05) is 49.4 Å². The lowest BCUT2D eigenvalue weighted by Gasteiger charge is -2.27. The molecule has 0 radical (unpaired) electrons. The van der Waals surface area contributed by atoms with E-state index in [1.54, 1.807) is 6.92 Å². The highest BCUT2D eigenvalue weighted by Crippen LogP contribution is 2.38. The zero-order chi connectivity index (χ0) is 23.2. The number of rotatable bonds is 8. The topological polar surface area (TPSA) is 67.9 Å². The minimum atomic E-state index is -0.388. The van der Waals surface area contributed by atoms with Crippen LogP contribution in [0.3, 0.4) is 0 Å². The molecule has 1 aliphatic rings. The number of benzene rings is 2. The van der Waals surface area contributed by atoms with E-state index < -0.39 is 0 Å². The first kappa shape index (κ1) is 25.7. The summed E-state index contributed by atoms with van der Waals surface area (Å²) in [6.07, 6.45) is 0.739. The predicted molar refractivity (Wildman–Crippen MR) is 137 cm³/mol. The Morgan fingerprint density at radius 1 is 1.12 bits per heavy atom. The molecule has 2 heterocycles. The molecule has 0 fully saturated rings. The highest BCUT2D eigenvalue weighted by Gasteiger charge is 2.29. The first-order valence-corrected chi connectivity index (χ1v) is 11.9. The Labute approximate surface area is 210 Å². The SMILES string of the molecule is CCOC(=O)c1c(NC(=O)COc2cccc(C)c2)sc2c1CCN(Cc1ccccc1)C2.Cl. The number of aryl methyl sites for hydroxylation is 1. The second-order valence-electron chi connectivity index (χ2n) is 8.03. The predicted octanol–water partition coefficient (Wildman–Crippen LogP) is 5.23. The molecule has 3 aromatic rings. The molecule has 4 rings (SSSR count). The second-order valence-corrected chi connectivity index (χ2v) is 9.13. The number of esters is 1. The molecule has 6 nitrogen and oxygen atoms in total. The monoisotopic (exact) mass is 500 g/mol. The van der Waals surface area contributed by atoms with Gasteiger partial charge in [0.15, 0.2) is 6.61 Å². The average Bonchev–Trinajstić information content (AvgIpc) is 3.15. The van der Waals surface area contributed by atoms with Gasteiger partial charge in [0.2, 0.25) is 0 Å². The summed E-state index contributed by atoms with van der Waals surface area (Å²) in [6, 6.07) is 17.9. The van der Waals surface area contributed by atoms with E-state index in [1.165, 1.54) is 16.9 Å². The van der Waals surface area contributed by atoms with Crippen LogP contribution in [0.1, 0.15) is 38.8 Å². The van der Waals surface area contributed by atoms with Crippen molar-refractivity contribution in [1.82, 2.24) is 4.90 Å². The van der Waals surface area contributed by atoms with Crippen LogP contribution in [0.4, 0.5) is 5.00 Å². The van der Waals surface area contributed by atoms with Gasteiger partial charge in [0.05, 0.1) is 12.2 Å². The Balaban J connectivity index is 0.00000324. The maximum absolute atomic E-state index is 12.8. The quantitative estimate of drug-likeness (QED) is 0.429. The number of amides is 1. The zero-order valence-corrected chi connectivity index (χ0v) is 21.0. The van der Waals surface area contributed by atoms with E-state index in [0.29, 0.717) is 16.3 Å². The van der Waals surface area contributed by atoms with Crippen LogP contribution in [0.2, 0.25) is 0 Å². The molecule has 0 saturated carbocycles. The molecule has 34 heavy (non-hydrogen) atoms. The van der Waals surface area contributed by atoms with Crippen LogP contribution in [-0.2, 0) is 29.0 Å². The minimum absolute atomic E-state index is 0. The molecular formula is C26H29ClN2O4S. The summed E-state index contributed by atoms with van der Waals surface area (Å²) in [6.45, 7) is 6.33. The van der Waals surface area contributed by atoms with Crippen molar-refractivity contribution in [3.63, 3.8) is 0 Å². The van der Waals surface area contributed by atoms with Crippen LogP contribution in [0.15, 0.2) is 54.6 Å². The van der Waals surface area contributed by atoms with E-state index in [0.717, 1.165) is 42.1 Å². The van der Waals surface area contributed by atoms with Gasteiger partial charge in [-0.2, -0.15) is 0 Å². The van der Waals surface area contributed by atoms with Crippen molar-refractivity contribution in [3.8, 4) is 5.75 Å². The van der Waals surface area contributed by atoms with E-state index >= 15 is 0 Å². The Morgan fingerprint density at radius 3 is 2.65 bits per heavy atom. The number of fused-ring (bicyclic) bond motifs is 1. The molecule has 0 spiro atoms. The number of nitrogens with zero attached hydrogens (tertiary/aromatic N) is 1. The zero-order valence-electron chi connectivity index (χ0n) is 19.3. The Morgan fingerprint density at radius 2 is 1.91 bits per heavy atom. The summed E-state index contributed by atoms with van der Waals surface area (Å²) in [4.78, 5) is 28.8. The molecular weight excluding hydrogens is 472 g/mol. The lowest BCUT2D eigenvalue weighted by Crippen LogP contribution is -2.30. The van der Waals surface area contributed by atoms with Crippen molar-refractivity contribution in [2.24, 2.45) is 0 Å². The van der Waals surface area contributed by atoms with Gasteiger partial charge < -0.3 is 14.8 Å². The molecule has 1 N–H and O–H groups in total. The number of anilines is 1. The van der Waals surface area contributed by atoms with Gasteiger partial charge in [-0.25, -0.2) is 4.79 Å². The van der Waals surface area contributed by atoms with Crippen molar-refractivity contribution in [3.05, 3.63) is 81.7 Å². The minimum Gasteiger partial charge on any atom is -0.484 e. The second kappa shape index (κ2) is 12.0. The van der Waals surface area contributed by atoms with Crippen LogP contribution < -0.4 is 10.1 Å². The summed E-state index contributed by atoms with van der Waals surface area (Å²) in [5.74, 6) is -0.0546. The molecule has 1 aromatic heterocycles. The molecule has 1 amide bonds. The van der Waals surface area contributed by atoms with Gasteiger partial charge in [0.25, 0.3) is 5.91 Å². The Kier molecular flexibility index (Phi) is 9.10. The number of nitrogens with one attached hydrogen (secondary N) is 1. The van der Waals surface area contributed by atoms with E-state index in [-0.39, 0.29) is 37.5 Å². The number of hydrogen-bond donors (Lipinski definition) is 1. The normalized spacial score (nSPS) is 12.9. The summed E-state index contributed by atoms with van der Waals surface area (Å²) in [5, 5.41) is 3.43. The molecule has 0 unspecified atom stereocenters. The molecule has 0 saturated heterocycles. The lowest BCUT2D eigenvalue weighted by atomic mass is 10.0.